The normalized spacial score (nSPS) is 27.9. The van der Waals surface area contributed by atoms with E-state index < -0.39 is 0 Å². The highest BCUT2D eigenvalue weighted by Gasteiger charge is 2.40. The maximum Gasteiger partial charge on any atom is 0.263 e. The van der Waals surface area contributed by atoms with E-state index in [-0.39, 0.29) is 11.9 Å². The summed E-state index contributed by atoms with van der Waals surface area (Å²) < 4.78 is 5.18. The smallest absolute Gasteiger partial charge is 0.263 e. The number of carbonyl (C=O) groups excluding carboxylic acids is 1. The van der Waals surface area contributed by atoms with Crippen LogP contribution in [0.1, 0.15) is 29.4 Å². The second-order valence-electron chi connectivity index (χ2n) is 6.87. The number of carbonyl (C=O) groups is 1. The summed E-state index contributed by atoms with van der Waals surface area (Å²) in [7, 11) is 1.65. The number of hydrogen-bond acceptors (Lipinski definition) is 5. The number of thiazole rings is 1. The third kappa shape index (κ3) is 3.16. The molecule has 6 heteroatoms. The Balaban J connectivity index is 1.47. The molecule has 1 N–H and O–H groups in total. The van der Waals surface area contributed by atoms with Gasteiger partial charge in [0.2, 0.25) is 0 Å². The largest absolute Gasteiger partial charge is 0.497 e. The molecule has 5 rings (SSSR count). The van der Waals surface area contributed by atoms with E-state index >= 15 is 0 Å². The average molecular weight is 357 g/mol. The number of ether oxygens (including phenoxy) is 1. The van der Waals surface area contributed by atoms with Crippen LogP contribution >= 0.6 is 11.3 Å². The van der Waals surface area contributed by atoms with Gasteiger partial charge >= 0.3 is 0 Å². The summed E-state index contributed by atoms with van der Waals surface area (Å²) in [6, 6.07) is 8.42. The number of fused-ring (bicyclic) bond motifs is 3. The molecule has 0 aliphatic carbocycles. The minimum atomic E-state index is 0.00265. The van der Waals surface area contributed by atoms with Gasteiger partial charge < -0.3 is 10.1 Å². The molecule has 2 unspecified atom stereocenters. The standard InChI is InChI=1S/C19H23N3O2S/c1-12-17(13-7-9-22(12)10-8-13)21-18(23)16-11-20-19(25-16)14-3-5-15(24-2)6-4-14/h3-6,11-13,17H,7-10H2,1-2H3,(H,21,23). The Kier molecular flexibility index (Phi) is 4.48. The summed E-state index contributed by atoms with van der Waals surface area (Å²) in [6.07, 6.45) is 4.07. The number of hydrogen-bond donors (Lipinski definition) is 1. The lowest BCUT2D eigenvalue weighted by atomic mass is 9.79. The van der Waals surface area contributed by atoms with E-state index in [4.69, 9.17) is 4.74 Å². The fraction of sp³-hybridized carbons (Fsp3) is 0.474. The number of aromatic nitrogens is 1. The summed E-state index contributed by atoms with van der Waals surface area (Å²) in [5.41, 5.74) is 1.00. The van der Waals surface area contributed by atoms with E-state index in [1.807, 2.05) is 24.3 Å². The van der Waals surface area contributed by atoms with Crippen LogP contribution < -0.4 is 10.1 Å². The van der Waals surface area contributed by atoms with Crippen molar-refractivity contribution in [2.75, 3.05) is 20.2 Å². The molecule has 3 aliphatic rings. The summed E-state index contributed by atoms with van der Waals surface area (Å²) in [5, 5.41) is 4.13. The minimum absolute atomic E-state index is 0.00265. The van der Waals surface area contributed by atoms with E-state index in [0.717, 1.165) is 16.3 Å². The van der Waals surface area contributed by atoms with Gasteiger partial charge in [-0.15, -0.1) is 11.3 Å². The van der Waals surface area contributed by atoms with E-state index in [2.05, 4.69) is 22.1 Å². The molecule has 3 aliphatic heterocycles. The van der Waals surface area contributed by atoms with Crippen molar-refractivity contribution in [1.82, 2.24) is 15.2 Å². The van der Waals surface area contributed by atoms with Crippen LogP contribution in [-0.2, 0) is 0 Å². The quantitative estimate of drug-likeness (QED) is 0.914. The zero-order valence-corrected chi connectivity index (χ0v) is 15.4. The minimum Gasteiger partial charge on any atom is -0.497 e. The van der Waals surface area contributed by atoms with E-state index in [1.165, 1.54) is 37.3 Å². The summed E-state index contributed by atoms with van der Waals surface area (Å²) in [5.74, 6) is 1.43. The second-order valence-corrected chi connectivity index (χ2v) is 7.90. The van der Waals surface area contributed by atoms with Gasteiger partial charge in [-0.1, -0.05) is 0 Å². The number of nitrogens with one attached hydrogen (secondary N) is 1. The van der Waals surface area contributed by atoms with Crippen LogP contribution in [-0.4, -0.2) is 48.1 Å². The number of methoxy groups -OCH3 is 1. The van der Waals surface area contributed by atoms with Crippen LogP contribution in [0.5, 0.6) is 5.75 Å². The van der Waals surface area contributed by atoms with Gasteiger partial charge in [0.05, 0.1) is 13.3 Å². The predicted octanol–water partition coefficient (Wildman–Crippen LogP) is 3.03. The third-order valence-corrected chi connectivity index (χ3v) is 6.59. The molecule has 2 atom stereocenters. The molecule has 3 saturated heterocycles. The summed E-state index contributed by atoms with van der Waals surface area (Å²) in [4.78, 5) is 20.3. The van der Waals surface area contributed by atoms with Crippen LogP contribution in [0.4, 0.5) is 0 Å². The Morgan fingerprint density at radius 2 is 2.00 bits per heavy atom. The molecule has 2 aromatic rings. The van der Waals surface area contributed by atoms with Gasteiger partial charge in [0.1, 0.15) is 15.6 Å². The molecule has 0 spiro atoms. The van der Waals surface area contributed by atoms with Crippen molar-refractivity contribution >= 4 is 17.2 Å². The highest BCUT2D eigenvalue weighted by molar-refractivity contribution is 7.16. The maximum absolute atomic E-state index is 12.7. The second kappa shape index (κ2) is 6.77. The molecule has 25 heavy (non-hydrogen) atoms. The lowest BCUT2D eigenvalue weighted by molar-refractivity contribution is 0.0218. The molecule has 0 radical (unpaired) electrons. The van der Waals surface area contributed by atoms with Crippen molar-refractivity contribution < 1.29 is 9.53 Å². The zero-order valence-electron chi connectivity index (χ0n) is 14.6. The van der Waals surface area contributed by atoms with E-state index in [1.54, 1.807) is 13.3 Å². The van der Waals surface area contributed by atoms with Crippen LogP contribution in [0.2, 0.25) is 0 Å². The van der Waals surface area contributed by atoms with Crippen LogP contribution in [0, 0.1) is 5.92 Å². The Hall–Kier alpha value is -1.92. The van der Waals surface area contributed by atoms with E-state index in [0.29, 0.717) is 16.8 Å². The monoisotopic (exact) mass is 357 g/mol. The number of benzene rings is 1. The fourth-order valence-corrected chi connectivity index (χ4v) is 4.84. The van der Waals surface area contributed by atoms with Crippen molar-refractivity contribution in [3.63, 3.8) is 0 Å². The molecule has 4 heterocycles. The first-order chi connectivity index (χ1) is 12.2. The molecule has 1 aromatic heterocycles. The van der Waals surface area contributed by atoms with Gasteiger partial charge in [-0.2, -0.15) is 0 Å². The highest BCUT2D eigenvalue weighted by Crippen LogP contribution is 2.33. The topological polar surface area (TPSA) is 54.5 Å². The number of piperidine rings is 3. The Labute approximate surface area is 152 Å². The van der Waals surface area contributed by atoms with Gasteiger partial charge in [0.25, 0.3) is 5.91 Å². The fourth-order valence-electron chi connectivity index (χ4n) is 4.01. The first-order valence-electron chi connectivity index (χ1n) is 8.81. The molecule has 2 bridgehead atoms. The highest BCUT2D eigenvalue weighted by atomic mass is 32.1. The van der Waals surface area contributed by atoms with Gasteiger partial charge in [0, 0.05) is 17.6 Å². The van der Waals surface area contributed by atoms with Crippen molar-refractivity contribution in [3.8, 4) is 16.3 Å². The van der Waals surface area contributed by atoms with Crippen molar-refractivity contribution in [1.29, 1.82) is 0 Å². The Morgan fingerprint density at radius 1 is 1.28 bits per heavy atom. The van der Waals surface area contributed by atoms with Crippen molar-refractivity contribution in [2.45, 2.75) is 31.8 Å². The third-order valence-electron chi connectivity index (χ3n) is 5.54. The average Bonchev–Trinajstić information content (AvgIpc) is 3.15. The van der Waals surface area contributed by atoms with Gasteiger partial charge in [0.15, 0.2) is 0 Å². The number of rotatable bonds is 4. The van der Waals surface area contributed by atoms with Gasteiger partial charge in [-0.3, -0.25) is 9.69 Å². The van der Waals surface area contributed by atoms with Crippen LogP contribution in [0.25, 0.3) is 10.6 Å². The first-order valence-corrected chi connectivity index (χ1v) is 9.62. The van der Waals surface area contributed by atoms with Crippen LogP contribution in [0.3, 0.4) is 0 Å². The number of nitrogens with zero attached hydrogens (tertiary/aromatic N) is 2. The lowest BCUT2D eigenvalue weighted by Crippen LogP contribution is -2.62. The number of amides is 1. The molecule has 1 amide bonds. The van der Waals surface area contributed by atoms with Gasteiger partial charge in [-0.25, -0.2) is 4.98 Å². The van der Waals surface area contributed by atoms with Crippen molar-refractivity contribution in [2.24, 2.45) is 5.92 Å². The van der Waals surface area contributed by atoms with Crippen LogP contribution in [0.15, 0.2) is 30.5 Å². The van der Waals surface area contributed by atoms with E-state index in [9.17, 15) is 4.79 Å². The molecular weight excluding hydrogens is 334 g/mol. The molecule has 0 saturated carbocycles. The summed E-state index contributed by atoms with van der Waals surface area (Å²) >= 11 is 1.44. The SMILES string of the molecule is COc1ccc(-c2ncc(C(=O)NC3C4CCN(CC4)C3C)s2)cc1. The maximum atomic E-state index is 12.7. The first kappa shape index (κ1) is 16.5. The lowest BCUT2D eigenvalue weighted by Gasteiger charge is -2.49. The zero-order chi connectivity index (χ0) is 17.4. The Morgan fingerprint density at radius 3 is 2.64 bits per heavy atom. The molecule has 3 fully saturated rings. The molecule has 5 nitrogen and oxygen atoms in total. The molecular formula is C19H23N3O2S. The summed E-state index contributed by atoms with van der Waals surface area (Å²) in [6.45, 7) is 4.56. The Bertz CT molecular complexity index is 748. The van der Waals surface area contributed by atoms with Crippen molar-refractivity contribution in [3.05, 3.63) is 35.3 Å². The molecule has 1 aromatic carbocycles. The predicted molar refractivity (Wildman–Crippen MR) is 99.1 cm³/mol. The molecule has 132 valence electrons. The van der Waals surface area contributed by atoms with Gasteiger partial charge in [-0.05, 0) is 63.0 Å².